The van der Waals surface area contributed by atoms with Gasteiger partial charge in [0, 0.05) is 34.0 Å². The van der Waals surface area contributed by atoms with E-state index in [1.807, 2.05) is 24.3 Å². The zero-order valence-electron chi connectivity index (χ0n) is 17.4. The molecule has 1 aliphatic rings. The minimum Gasteiger partial charge on any atom is -0.364 e. The van der Waals surface area contributed by atoms with E-state index in [1.54, 1.807) is 23.1 Å². The maximum atomic E-state index is 13.6. The molecule has 1 atom stereocenters. The van der Waals surface area contributed by atoms with E-state index in [2.05, 4.69) is 36.1 Å². The summed E-state index contributed by atoms with van der Waals surface area (Å²) in [5.41, 5.74) is 5.04. The summed E-state index contributed by atoms with van der Waals surface area (Å²) in [6.07, 6.45) is 1.52. The van der Waals surface area contributed by atoms with Gasteiger partial charge in [0.25, 0.3) is 5.91 Å². The number of carbonyl (C=O) groups excluding carboxylic acids is 1. The molecule has 0 aliphatic carbocycles. The minimum atomic E-state index is -0.408. The van der Waals surface area contributed by atoms with Crippen molar-refractivity contribution < 1.29 is 13.7 Å². The molecule has 7 heteroatoms. The number of rotatable bonds is 3. The van der Waals surface area contributed by atoms with E-state index in [1.165, 1.54) is 18.4 Å². The fraction of sp³-hybridized carbons (Fsp3) is 0.208. The number of H-pyrrole nitrogens is 1. The van der Waals surface area contributed by atoms with E-state index in [0.717, 1.165) is 33.8 Å². The van der Waals surface area contributed by atoms with Crippen LogP contribution >= 0.6 is 0 Å². The molecule has 156 valence electrons. The molecular weight excluding hydrogens is 395 g/mol. The van der Waals surface area contributed by atoms with Crippen LogP contribution in [0.3, 0.4) is 0 Å². The lowest BCUT2D eigenvalue weighted by Crippen LogP contribution is -2.30. The molecule has 2 aromatic heterocycles. The van der Waals surface area contributed by atoms with Crippen molar-refractivity contribution in [3.05, 3.63) is 89.2 Å². The van der Waals surface area contributed by atoms with Crippen LogP contribution < -0.4 is 4.90 Å². The van der Waals surface area contributed by atoms with Crippen LogP contribution in [0.1, 0.15) is 54.1 Å². The van der Waals surface area contributed by atoms with Crippen LogP contribution in [0.5, 0.6) is 0 Å². The highest BCUT2D eigenvalue weighted by atomic mass is 19.1. The first-order valence-corrected chi connectivity index (χ1v) is 10.0. The second-order valence-corrected chi connectivity index (χ2v) is 8.67. The Morgan fingerprint density at radius 1 is 1.03 bits per heavy atom. The molecule has 0 saturated heterocycles. The maximum Gasteiger partial charge on any atom is 0.280 e. The van der Waals surface area contributed by atoms with Crippen molar-refractivity contribution >= 4 is 11.6 Å². The van der Waals surface area contributed by atoms with Crippen molar-refractivity contribution in [1.82, 2.24) is 15.4 Å². The molecule has 3 heterocycles. The van der Waals surface area contributed by atoms with Gasteiger partial charge in [0.15, 0.2) is 5.69 Å². The first-order chi connectivity index (χ1) is 14.8. The second-order valence-electron chi connectivity index (χ2n) is 8.67. The molecule has 6 nitrogen and oxygen atoms in total. The summed E-state index contributed by atoms with van der Waals surface area (Å²) in [5.74, 6) is -0.509. The summed E-state index contributed by atoms with van der Waals surface area (Å²) < 4.78 is 18.6. The molecule has 0 radical (unpaired) electrons. The lowest BCUT2D eigenvalue weighted by molar-refractivity contribution is 0.0988. The largest absolute Gasteiger partial charge is 0.364 e. The van der Waals surface area contributed by atoms with E-state index in [4.69, 9.17) is 4.52 Å². The Balaban J connectivity index is 1.64. The van der Waals surface area contributed by atoms with Gasteiger partial charge < -0.3 is 4.52 Å². The van der Waals surface area contributed by atoms with Crippen LogP contribution in [0, 0.1) is 5.82 Å². The Morgan fingerprint density at radius 2 is 1.74 bits per heavy atom. The van der Waals surface area contributed by atoms with Gasteiger partial charge in [-0.2, -0.15) is 5.10 Å². The summed E-state index contributed by atoms with van der Waals surface area (Å²) in [7, 11) is 0. The SMILES string of the molecule is CC(C)(C)c1[nH]nc2c1C(c1ccc(F)cc1)N(c1ccc(-c3ccon3)cc1)C2=O. The Hall–Kier alpha value is -3.74. The maximum absolute atomic E-state index is 13.6. The Morgan fingerprint density at radius 3 is 2.35 bits per heavy atom. The van der Waals surface area contributed by atoms with Crippen molar-refractivity contribution in [3.8, 4) is 11.3 Å². The van der Waals surface area contributed by atoms with Gasteiger partial charge in [-0.1, -0.05) is 50.2 Å². The third kappa shape index (κ3) is 3.13. The Kier molecular flexibility index (Phi) is 4.28. The molecule has 0 bridgehead atoms. The van der Waals surface area contributed by atoms with Gasteiger partial charge in [0.2, 0.25) is 0 Å². The smallest absolute Gasteiger partial charge is 0.280 e. The summed E-state index contributed by atoms with van der Waals surface area (Å²) in [4.78, 5) is 15.2. The molecule has 1 unspecified atom stereocenters. The molecule has 0 saturated carbocycles. The number of hydrogen-bond donors (Lipinski definition) is 1. The Labute approximate surface area is 178 Å². The first-order valence-electron chi connectivity index (χ1n) is 10.0. The number of halogens is 1. The predicted molar refractivity (Wildman–Crippen MR) is 114 cm³/mol. The van der Waals surface area contributed by atoms with Crippen molar-refractivity contribution in [2.24, 2.45) is 0 Å². The molecule has 1 amide bonds. The van der Waals surface area contributed by atoms with Crippen molar-refractivity contribution in [2.45, 2.75) is 32.2 Å². The number of aromatic amines is 1. The van der Waals surface area contributed by atoms with Crippen molar-refractivity contribution in [1.29, 1.82) is 0 Å². The van der Waals surface area contributed by atoms with E-state index >= 15 is 0 Å². The van der Waals surface area contributed by atoms with Gasteiger partial charge in [0.05, 0.1) is 6.04 Å². The number of hydrogen-bond acceptors (Lipinski definition) is 4. The topological polar surface area (TPSA) is 75.0 Å². The average molecular weight is 416 g/mol. The molecule has 2 aromatic carbocycles. The second kappa shape index (κ2) is 6.91. The summed E-state index contributed by atoms with van der Waals surface area (Å²) in [6.45, 7) is 6.22. The third-order valence-electron chi connectivity index (χ3n) is 5.57. The molecule has 0 spiro atoms. The summed E-state index contributed by atoms with van der Waals surface area (Å²) >= 11 is 0. The van der Waals surface area contributed by atoms with Crippen LogP contribution in [-0.4, -0.2) is 21.3 Å². The van der Waals surface area contributed by atoms with Crippen LogP contribution in [0.15, 0.2) is 65.4 Å². The van der Waals surface area contributed by atoms with Gasteiger partial charge >= 0.3 is 0 Å². The highest BCUT2D eigenvalue weighted by Crippen LogP contribution is 2.45. The monoisotopic (exact) mass is 416 g/mol. The number of carbonyl (C=O) groups is 1. The molecule has 1 N–H and O–H groups in total. The molecule has 1 aliphatic heterocycles. The number of fused-ring (bicyclic) bond motifs is 1. The standard InChI is InChI=1S/C24H21FN4O2/c1-24(2,3)22-19-20(26-27-22)23(30)29(21(19)15-4-8-16(25)9-5-15)17-10-6-14(7-11-17)18-12-13-31-28-18/h4-13,21H,1-3H3,(H,26,27). The van der Waals surface area contributed by atoms with Crippen molar-refractivity contribution in [2.75, 3.05) is 4.90 Å². The highest BCUT2D eigenvalue weighted by molar-refractivity contribution is 6.10. The molecule has 0 fully saturated rings. The number of anilines is 1. The number of amides is 1. The quantitative estimate of drug-likeness (QED) is 0.495. The molecule has 4 aromatic rings. The number of nitrogens with one attached hydrogen (secondary N) is 1. The first kappa shape index (κ1) is 19.2. The summed E-state index contributed by atoms with van der Waals surface area (Å²) in [5, 5.41) is 11.4. The molecular formula is C24H21FN4O2. The minimum absolute atomic E-state index is 0.190. The van der Waals surface area contributed by atoms with Crippen LogP contribution in [-0.2, 0) is 5.41 Å². The number of aromatic nitrogens is 3. The lowest BCUT2D eigenvalue weighted by Gasteiger charge is -2.28. The van der Waals surface area contributed by atoms with Gasteiger partial charge in [-0.05, 0) is 29.8 Å². The van der Waals surface area contributed by atoms with E-state index in [0.29, 0.717) is 5.69 Å². The zero-order chi connectivity index (χ0) is 21.8. The molecule has 5 rings (SSSR count). The van der Waals surface area contributed by atoms with Crippen LogP contribution in [0.4, 0.5) is 10.1 Å². The summed E-state index contributed by atoms with van der Waals surface area (Å²) in [6, 6.07) is 15.2. The van der Waals surface area contributed by atoms with E-state index < -0.39 is 6.04 Å². The fourth-order valence-corrected chi connectivity index (χ4v) is 4.09. The average Bonchev–Trinajstić information content (AvgIpc) is 3.46. The third-order valence-corrected chi connectivity index (χ3v) is 5.57. The van der Waals surface area contributed by atoms with E-state index in [9.17, 15) is 9.18 Å². The van der Waals surface area contributed by atoms with E-state index in [-0.39, 0.29) is 17.1 Å². The zero-order valence-corrected chi connectivity index (χ0v) is 17.4. The van der Waals surface area contributed by atoms with Crippen LogP contribution in [0.25, 0.3) is 11.3 Å². The lowest BCUT2D eigenvalue weighted by atomic mass is 9.85. The van der Waals surface area contributed by atoms with Crippen molar-refractivity contribution in [3.63, 3.8) is 0 Å². The highest BCUT2D eigenvalue weighted by Gasteiger charge is 2.44. The van der Waals surface area contributed by atoms with Crippen LogP contribution in [0.2, 0.25) is 0 Å². The van der Waals surface area contributed by atoms with Gasteiger partial charge in [-0.15, -0.1) is 0 Å². The van der Waals surface area contributed by atoms with Gasteiger partial charge in [0.1, 0.15) is 17.8 Å². The van der Waals surface area contributed by atoms with Gasteiger partial charge in [-0.3, -0.25) is 14.8 Å². The normalized spacial score (nSPS) is 16.1. The predicted octanol–water partition coefficient (Wildman–Crippen LogP) is 5.25. The molecule has 31 heavy (non-hydrogen) atoms. The number of benzene rings is 2. The fourth-order valence-electron chi connectivity index (χ4n) is 4.09. The Bertz CT molecular complexity index is 1240. The van der Waals surface area contributed by atoms with Gasteiger partial charge in [-0.25, -0.2) is 4.39 Å². The number of nitrogens with zero attached hydrogens (tertiary/aromatic N) is 3.